The summed E-state index contributed by atoms with van der Waals surface area (Å²) in [5.74, 6) is 0.565. The van der Waals surface area contributed by atoms with Crippen LogP contribution in [0.15, 0.2) is 16.9 Å². The molecule has 0 spiro atoms. The van der Waals surface area contributed by atoms with Crippen LogP contribution in [0, 0.1) is 0 Å². The van der Waals surface area contributed by atoms with E-state index in [0.29, 0.717) is 18.0 Å². The molecule has 0 amide bonds. The van der Waals surface area contributed by atoms with Crippen LogP contribution < -0.4 is 11.0 Å². The van der Waals surface area contributed by atoms with Gasteiger partial charge in [-0.05, 0) is 25.0 Å². The van der Waals surface area contributed by atoms with Gasteiger partial charge in [0, 0.05) is 6.54 Å². The quantitative estimate of drug-likeness (QED) is 0.750. The van der Waals surface area contributed by atoms with Gasteiger partial charge in [0.2, 0.25) is 0 Å². The fourth-order valence-electron chi connectivity index (χ4n) is 2.54. The molecule has 2 aromatic heterocycles. The van der Waals surface area contributed by atoms with Crippen molar-refractivity contribution >= 4 is 11.5 Å². The molecule has 3 N–H and O–H groups in total. The van der Waals surface area contributed by atoms with E-state index in [0.717, 1.165) is 25.7 Å². The number of aromatic nitrogens is 4. The average molecular weight is 263 g/mol. The second-order valence-electron chi connectivity index (χ2n) is 5.16. The van der Waals surface area contributed by atoms with Crippen molar-refractivity contribution < 1.29 is 5.11 Å². The number of hydrogen-bond donors (Lipinski definition) is 3. The van der Waals surface area contributed by atoms with E-state index in [2.05, 4.69) is 20.6 Å². The monoisotopic (exact) mass is 263 g/mol. The Morgan fingerprint density at radius 1 is 1.37 bits per heavy atom. The first-order valence-electron chi connectivity index (χ1n) is 6.57. The van der Waals surface area contributed by atoms with Crippen LogP contribution >= 0.6 is 0 Å². The zero-order chi connectivity index (χ0) is 13.3. The molecule has 7 heteroatoms. The third-order valence-corrected chi connectivity index (χ3v) is 3.66. The summed E-state index contributed by atoms with van der Waals surface area (Å²) in [5, 5.41) is 23.8. The molecule has 3 rings (SSSR count). The lowest BCUT2D eigenvalue weighted by Crippen LogP contribution is -2.39. The summed E-state index contributed by atoms with van der Waals surface area (Å²) in [5.41, 5.74) is -0.544. The van der Waals surface area contributed by atoms with E-state index in [1.165, 1.54) is 10.9 Å². The maximum absolute atomic E-state index is 11.4. The molecule has 2 heterocycles. The normalized spacial score (nSPS) is 18.6. The molecule has 0 atom stereocenters. The molecule has 1 aliphatic carbocycles. The maximum atomic E-state index is 11.4. The van der Waals surface area contributed by atoms with Crippen LogP contribution in [0.4, 0.5) is 5.82 Å². The van der Waals surface area contributed by atoms with Crippen LogP contribution in [0.3, 0.4) is 0 Å². The molecule has 1 fully saturated rings. The Balaban J connectivity index is 1.74. The lowest BCUT2D eigenvalue weighted by Gasteiger charge is -2.32. The number of hydrogen-bond acceptors (Lipinski definition) is 5. The first-order chi connectivity index (χ1) is 9.16. The topological polar surface area (TPSA) is 95.3 Å². The van der Waals surface area contributed by atoms with E-state index in [4.69, 9.17) is 0 Å². The second kappa shape index (κ2) is 4.65. The lowest BCUT2D eigenvalue weighted by atomic mass is 9.85. The fourth-order valence-corrected chi connectivity index (χ4v) is 2.54. The molecule has 0 aromatic carbocycles. The molecule has 1 saturated carbocycles. The smallest absolute Gasteiger partial charge is 0.364 e. The predicted octanol–water partition coefficient (Wildman–Crippen LogP) is 0.525. The molecule has 0 bridgehead atoms. The Morgan fingerprint density at radius 3 is 2.95 bits per heavy atom. The lowest BCUT2D eigenvalue weighted by molar-refractivity contribution is 0.0166. The van der Waals surface area contributed by atoms with Crippen LogP contribution in [0.5, 0.6) is 0 Å². The summed E-state index contributed by atoms with van der Waals surface area (Å²) in [6.45, 7) is 0.456. The van der Waals surface area contributed by atoms with E-state index >= 15 is 0 Å². The van der Waals surface area contributed by atoms with E-state index < -0.39 is 5.60 Å². The summed E-state index contributed by atoms with van der Waals surface area (Å²) >= 11 is 0. The Kier molecular flexibility index (Phi) is 2.98. The first kappa shape index (κ1) is 12.2. The van der Waals surface area contributed by atoms with Gasteiger partial charge in [-0.15, -0.1) is 5.10 Å². The molecule has 0 saturated heterocycles. The summed E-state index contributed by atoms with van der Waals surface area (Å²) in [4.78, 5) is 11.4. The third-order valence-electron chi connectivity index (χ3n) is 3.66. The van der Waals surface area contributed by atoms with Crippen molar-refractivity contribution in [3.05, 3.63) is 22.6 Å². The van der Waals surface area contributed by atoms with Gasteiger partial charge in [-0.3, -0.25) is 0 Å². The summed E-state index contributed by atoms with van der Waals surface area (Å²) in [7, 11) is 0. The average Bonchev–Trinajstić information content (AvgIpc) is 2.79. The Hall–Kier alpha value is -1.89. The minimum Gasteiger partial charge on any atom is -0.388 e. The van der Waals surface area contributed by atoms with Crippen molar-refractivity contribution in [3.63, 3.8) is 0 Å². The number of fused-ring (bicyclic) bond motifs is 1. The molecule has 0 aliphatic heterocycles. The van der Waals surface area contributed by atoms with Gasteiger partial charge in [-0.25, -0.2) is 9.89 Å². The molecule has 102 valence electrons. The molecule has 0 unspecified atom stereocenters. The predicted molar refractivity (Wildman–Crippen MR) is 70.1 cm³/mol. The number of H-pyrrole nitrogens is 1. The number of aromatic amines is 1. The standard InChI is InChI=1S/C12H17N5O2/c18-11-15-14-10-5-4-9(16-17(10)11)13-8-12(19)6-2-1-3-7-12/h4-5,19H,1-3,6-8H2,(H,13,16)(H,15,18). The number of aliphatic hydroxyl groups is 1. The van der Waals surface area contributed by atoms with Crippen LogP contribution in [0.2, 0.25) is 0 Å². The number of rotatable bonds is 3. The highest BCUT2D eigenvalue weighted by atomic mass is 16.3. The van der Waals surface area contributed by atoms with E-state index in [9.17, 15) is 9.90 Å². The zero-order valence-electron chi connectivity index (χ0n) is 10.6. The minimum absolute atomic E-state index is 0.366. The van der Waals surface area contributed by atoms with Crippen LogP contribution in [0.1, 0.15) is 32.1 Å². The van der Waals surface area contributed by atoms with Crippen LogP contribution in [-0.2, 0) is 0 Å². The summed E-state index contributed by atoms with van der Waals surface area (Å²) < 4.78 is 1.20. The van der Waals surface area contributed by atoms with Gasteiger partial charge >= 0.3 is 5.69 Å². The van der Waals surface area contributed by atoms with Gasteiger partial charge in [0.25, 0.3) is 0 Å². The maximum Gasteiger partial charge on any atom is 0.364 e. The Labute approximate surface area is 109 Å². The highest BCUT2D eigenvalue weighted by molar-refractivity contribution is 5.43. The van der Waals surface area contributed by atoms with Gasteiger partial charge in [0.15, 0.2) is 5.65 Å². The number of nitrogens with one attached hydrogen (secondary N) is 2. The molecular formula is C12H17N5O2. The van der Waals surface area contributed by atoms with Crippen molar-refractivity contribution in [2.75, 3.05) is 11.9 Å². The van der Waals surface area contributed by atoms with Gasteiger partial charge in [-0.1, -0.05) is 19.3 Å². The highest BCUT2D eigenvalue weighted by Gasteiger charge is 2.28. The molecule has 7 nitrogen and oxygen atoms in total. The Bertz CT molecular complexity index is 626. The van der Waals surface area contributed by atoms with E-state index in [-0.39, 0.29) is 5.69 Å². The van der Waals surface area contributed by atoms with Crippen molar-refractivity contribution in [3.8, 4) is 0 Å². The van der Waals surface area contributed by atoms with E-state index in [1.54, 1.807) is 12.1 Å². The summed E-state index contributed by atoms with van der Waals surface area (Å²) in [6.07, 6.45) is 4.94. The molecule has 1 aliphatic rings. The van der Waals surface area contributed by atoms with Crippen molar-refractivity contribution in [2.24, 2.45) is 0 Å². The molecular weight excluding hydrogens is 246 g/mol. The van der Waals surface area contributed by atoms with Crippen molar-refractivity contribution in [1.29, 1.82) is 0 Å². The third kappa shape index (κ3) is 2.46. The number of anilines is 1. The number of nitrogens with zero attached hydrogens (tertiary/aromatic N) is 3. The highest BCUT2D eigenvalue weighted by Crippen LogP contribution is 2.28. The van der Waals surface area contributed by atoms with Crippen molar-refractivity contribution in [2.45, 2.75) is 37.7 Å². The van der Waals surface area contributed by atoms with Crippen molar-refractivity contribution in [1.82, 2.24) is 19.8 Å². The second-order valence-corrected chi connectivity index (χ2v) is 5.16. The van der Waals surface area contributed by atoms with E-state index in [1.807, 2.05) is 0 Å². The van der Waals surface area contributed by atoms with Gasteiger partial charge in [-0.2, -0.15) is 9.61 Å². The van der Waals surface area contributed by atoms with Gasteiger partial charge in [0.05, 0.1) is 5.60 Å². The first-order valence-corrected chi connectivity index (χ1v) is 6.57. The molecule has 19 heavy (non-hydrogen) atoms. The Morgan fingerprint density at radius 2 is 2.16 bits per heavy atom. The zero-order valence-corrected chi connectivity index (χ0v) is 10.6. The summed E-state index contributed by atoms with van der Waals surface area (Å²) in [6, 6.07) is 3.46. The fraction of sp³-hybridized carbons (Fsp3) is 0.583. The van der Waals surface area contributed by atoms with Crippen LogP contribution in [0.25, 0.3) is 5.65 Å². The van der Waals surface area contributed by atoms with Gasteiger partial charge < -0.3 is 10.4 Å². The minimum atomic E-state index is -0.657. The SMILES string of the molecule is O=c1[nH]nc2ccc(NCC3(O)CCCCC3)nn12. The molecule has 0 radical (unpaired) electrons. The van der Waals surface area contributed by atoms with Crippen LogP contribution in [-0.4, -0.2) is 37.1 Å². The molecule has 2 aromatic rings. The van der Waals surface area contributed by atoms with Gasteiger partial charge in [0.1, 0.15) is 5.82 Å². The largest absolute Gasteiger partial charge is 0.388 e.